The highest BCUT2D eigenvalue weighted by molar-refractivity contribution is 8.03. The predicted molar refractivity (Wildman–Crippen MR) is 107 cm³/mol. The smallest absolute Gasteiger partial charge is 0.242 e. The lowest BCUT2D eigenvalue weighted by Crippen LogP contribution is -2.19. The Morgan fingerprint density at radius 1 is 1.04 bits per heavy atom. The van der Waals surface area contributed by atoms with Gasteiger partial charge in [0.05, 0.1) is 0 Å². The van der Waals surface area contributed by atoms with Crippen LogP contribution in [0.5, 0.6) is 0 Å². The number of rotatable bonds is 6. The molecule has 0 aliphatic heterocycles. The second kappa shape index (κ2) is 8.51. The quantitative estimate of drug-likeness (QED) is 0.601. The highest BCUT2D eigenvalue weighted by Crippen LogP contribution is 2.38. The van der Waals surface area contributed by atoms with Gasteiger partial charge in [-0.25, -0.2) is 0 Å². The largest absolute Gasteiger partial charge is 0.325 e. The van der Waals surface area contributed by atoms with Crippen LogP contribution < -0.4 is 5.32 Å². The van der Waals surface area contributed by atoms with Gasteiger partial charge in [-0.1, -0.05) is 82.9 Å². The van der Waals surface area contributed by atoms with Crippen molar-refractivity contribution in [2.24, 2.45) is 0 Å². The summed E-state index contributed by atoms with van der Waals surface area (Å²) in [7, 11) is 0. The molecule has 0 radical (unpaired) electrons. The Morgan fingerprint density at radius 2 is 1.72 bits per heavy atom. The van der Waals surface area contributed by atoms with E-state index < -0.39 is 0 Å². The molecule has 3 rings (SSSR count). The third-order valence-corrected chi connectivity index (χ3v) is 6.68. The van der Waals surface area contributed by atoms with E-state index in [1.807, 2.05) is 67.8 Å². The number of benzene rings is 2. The topological polar surface area (TPSA) is 54.9 Å². The molecular weight excluding hydrogens is 370 g/mol. The van der Waals surface area contributed by atoms with E-state index in [9.17, 15) is 4.79 Å². The molecule has 7 heteroatoms. The van der Waals surface area contributed by atoms with Gasteiger partial charge in [0, 0.05) is 5.69 Å². The van der Waals surface area contributed by atoms with Gasteiger partial charge >= 0.3 is 0 Å². The van der Waals surface area contributed by atoms with E-state index in [0.717, 1.165) is 25.5 Å². The summed E-state index contributed by atoms with van der Waals surface area (Å²) in [5, 5.41) is 10.9. The lowest BCUT2D eigenvalue weighted by molar-refractivity contribution is -0.115. The van der Waals surface area contributed by atoms with E-state index in [1.54, 1.807) is 11.8 Å². The molecule has 4 nitrogen and oxygen atoms in total. The maximum atomic E-state index is 12.9. The number of carbonyl (C=O) groups is 1. The van der Waals surface area contributed by atoms with Crippen LogP contribution in [-0.4, -0.2) is 22.4 Å². The van der Waals surface area contributed by atoms with Crippen molar-refractivity contribution in [2.75, 3.05) is 11.6 Å². The van der Waals surface area contributed by atoms with E-state index in [4.69, 9.17) is 0 Å². The molecule has 3 aromatic rings. The summed E-state index contributed by atoms with van der Waals surface area (Å²) in [5.41, 5.74) is 2.89. The van der Waals surface area contributed by atoms with Crippen molar-refractivity contribution in [2.45, 2.75) is 20.9 Å². The molecule has 0 aliphatic carbocycles. The molecule has 1 heterocycles. The molecule has 128 valence electrons. The zero-order chi connectivity index (χ0) is 17.6. The average Bonchev–Trinajstić information content (AvgIpc) is 3.10. The zero-order valence-corrected chi connectivity index (χ0v) is 16.3. The standard InChI is InChI=1S/C18H17N3OS3/c1-12-8-10-14(11-9-12)19-16(22)15(13-6-4-3-5-7-13)24-18-21-20-17(23-2)25-18/h3-11,15H,1-2H3,(H,19,22)/t15-/m0/s1. The normalized spacial score (nSPS) is 11.9. The van der Waals surface area contributed by atoms with Crippen molar-refractivity contribution in [3.8, 4) is 0 Å². The second-order valence-corrected chi connectivity index (χ2v) is 8.68. The molecule has 0 bridgehead atoms. The minimum Gasteiger partial charge on any atom is -0.325 e. The fourth-order valence-corrected chi connectivity index (χ4v) is 4.80. The molecule has 0 fully saturated rings. The number of aromatic nitrogens is 2. The summed E-state index contributed by atoms with van der Waals surface area (Å²) in [4.78, 5) is 12.9. The van der Waals surface area contributed by atoms with Crippen LogP contribution >= 0.6 is 34.9 Å². The second-order valence-electron chi connectivity index (χ2n) is 5.30. The van der Waals surface area contributed by atoms with Gasteiger partial charge in [0.2, 0.25) is 5.91 Å². The van der Waals surface area contributed by atoms with E-state index in [-0.39, 0.29) is 11.2 Å². The lowest BCUT2D eigenvalue weighted by atomic mass is 10.1. The molecule has 1 amide bonds. The predicted octanol–water partition coefficient (Wildman–Crippen LogP) is 5.04. The van der Waals surface area contributed by atoms with Crippen molar-refractivity contribution >= 4 is 46.5 Å². The number of carbonyl (C=O) groups excluding carboxylic acids is 1. The Labute approximate surface area is 159 Å². The maximum Gasteiger partial charge on any atom is 0.242 e. The van der Waals surface area contributed by atoms with Crippen LogP contribution in [0, 0.1) is 6.92 Å². The monoisotopic (exact) mass is 387 g/mol. The summed E-state index contributed by atoms with van der Waals surface area (Å²) in [5.74, 6) is -0.0686. The molecule has 2 aromatic carbocycles. The molecule has 1 N–H and O–H groups in total. The number of nitrogens with zero attached hydrogens (tertiary/aromatic N) is 2. The molecule has 1 aromatic heterocycles. The fourth-order valence-electron chi connectivity index (χ4n) is 2.17. The van der Waals surface area contributed by atoms with Gasteiger partial charge in [-0.15, -0.1) is 10.2 Å². The Hall–Kier alpha value is -1.83. The number of anilines is 1. The first-order valence-electron chi connectivity index (χ1n) is 7.62. The van der Waals surface area contributed by atoms with E-state index >= 15 is 0 Å². The first kappa shape index (κ1) is 18.0. The third kappa shape index (κ3) is 4.84. The first-order valence-corrected chi connectivity index (χ1v) is 10.5. The molecule has 0 saturated heterocycles. The van der Waals surface area contributed by atoms with Gasteiger partial charge in [0.1, 0.15) is 5.25 Å². The van der Waals surface area contributed by atoms with Gasteiger partial charge in [0.25, 0.3) is 0 Å². The van der Waals surface area contributed by atoms with Crippen LogP contribution in [0.3, 0.4) is 0 Å². The van der Waals surface area contributed by atoms with Crippen molar-refractivity contribution in [1.29, 1.82) is 0 Å². The van der Waals surface area contributed by atoms with Crippen LogP contribution in [0.4, 0.5) is 5.69 Å². The molecule has 0 saturated carbocycles. The van der Waals surface area contributed by atoms with Crippen LogP contribution in [0.1, 0.15) is 16.4 Å². The van der Waals surface area contributed by atoms with Gasteiger partial charge < -0.3 is 5.32 Å². The molecule has 0 unspecified atom stereocenters. The fraction of sp³-hybridized carbons (Fsp3) is 0.167. The van der Waals surface area contributed by atoms with Gasteiger partial charge in [-0.3, -0.25) is 4.79 Å². The number of thioether (sulfide) groups is 2. The Morgan fingerprint density at radius 3 is 2.36 bits per heavy atom. The summed E-state index contributed by atoms with van der Waals surface area (Å²) in [6.45, 7) is 2.02. The summed E-state index contributed by atoms with van der Waals surface area (Å²) in [6, 6.07) is 17.5. The minimum absolute atomic E-state index is 0.0686. The van der Waals surface area contributed by atoms with Crippen molar-refractivity contribution in [3.63, 3.8) is 0 Å². The van der Waals surface area contributed by atoms with Gasteiger partial charge in [0.15, 0.2) is 8.68 Å². The SMILES string of the molecule is CSc1nnc(S[C@H](C(=O)Nc2ccc(C)cc2)c2ccccc2)s1. The number of amides is 1. The number of hydrogen-bond donors (Lipinski definition) is 1. The van der Waals surface area contributed by atoms with Crippen LogP contribution in [-0.2, 0) is 4.79 Å². The number of aryl methyl sites for hydroxylation is 1. The Balaban J connectivity index is 1.82. The number of hydrogen-bond acceptors (Lipinski definition) is 6. The van der Waals surface area contributed by atoms with Crippen LogP contribution in [0.2, 0.25) is 0 Å². The van der Waals surface area contributed by atoms with Crippen LogP contribution in [0.15, 0.2) is 63.3 Å². The summed E-state index contributed by atoms with van der Waals surface area (Å²) < 4.78 is 1.69. The Kier molecular flexibility index (Phi) is 6.12. The van der Waals surface area contributed by atoms with E-state index in [2.05, 4.69) is 15.5 Å². The Bertz CT molecular complexity index is 834. The summed E-state index contributed by atoms with van der Waals surface area (Å²) >= 11 is 4.49. The molecular formula is C18H17N3OS3. The highest BCUT2D eigenvalue weighted by atomic mass is 32.2. The lowest BCUT2D eigenvalue weighted by Gasteiger charge is -2.15. The first-order chi connectivity index (χ1) is 12.2. The average molecular weight is 388 g/mol. The molecule has 0 aliphatic rings. The van der Waals surface area contributed by atoms with Gasteiger partial charge in [-0.2, -0.15) is 0 Å². The maximum absolute atomic E-state index is 12.9. The molecule has 25 heavy (non-hydrogen) atoms. The molecule has 1 atom stereocenters. The summed E-state index contributed by atoms with van der Waals surface area (Å²) in [6.07, 6.45) is 1.97. The van der Waals surface area contributed by atoms with Gasteiger partial charge in [-0.05, 0) is 30.9 Å². The van der Waals surface area contributed by atoms with Crippen molar-refractivity contribution in [1.82, 2.24) is 10.2 Å². The highest BCUT2D eigenvalue weighted by Gasteiger charge is 2.24. The van der Waals surface area contributed by atoms with Crippen molar-refractivity contribution in [3.05, 3.63) is 65.7 Å². The zero-order valence-electron chi connectivity index (χ0n) is 13.8. The van der Waals surface area contributed by atoms with E-state index in [1.165, 1.54) is 23.1 Å². The van der Waals surface area contributed by atoms with E-state index in [0.29, 0.717) is 0 Å². The minimum atomic E-state index is -0.384. The number of nitrogens with one attached hydrogen (secondary N) is 1. The third-order valence-electron chi connectivity index (χ3n) is 3.44. The van der Waals surface area contributed by atoms with Crippen molar-refractivity contribution < 1.29 is 4.79 Å². The van der Waals surface area contributed by atoms with Crippen LogP contribution in [0.25, 0.3) is 0 Å². The molecule has 0 spiro atoms.